The molecule has 3 aromatic rings. The highest BCUT2D eigenvalue weighted by molar-refractivity contribution is 5.76. The molecule has 1 aromatic carbocycles. The Morgan fingerprint density at radius 3 is 2.70 bits per heavy atom. The molecule has 0 saturated carbocycles. The van der Waals surface area contributed by atoms with Crippen molar-refractivity contribution in [2.75, 3.05) is 19.7 Å². The molecule has 0 aliphatic carbocycles. The molecule has 1 amide bonds. The average molecular weight is 367 g/mol. The summed E-state index contributed by atoms with van der Waals surface area (Å²) in [5.74, 6) is 1.13. The summed E-state index contributed by atoms with van der Waals surface area (Å²) in [6.45, 7) is 2.13. The van der Waals surface area contributed by atoms with Gasteiger partial charge >= 0.3 is 6.09 Å². The summed E-state index contributed by atoms with van der Waals surface area (Å²) in [5, 5.41) is 9.33. The number of furan rings is 1. The second-order valence-electron chi connectivity index (χ2n) is 6.38. The van der Waals surface area contributed by atoms with E-state index in [9.17, 15) is 9.90 Å². The fourth-order valence-electron chi connectivity index (χ4n) is 3.24. The van der Waals surface area contributed by atoms with Gasteiger partial charge in [0.15, 0.2) is 5.76 Å². The smallest absolute Gasteiger partial charge is 0.409 e. The van der Waals surface area contributed by atoms with Gasteiger partial charge in [-0.3, -0.25) is 0 Å². The molecular weight excluding hydrogens is 346 g/mol. The lowest BCUT2D eigenvalue weighted by Gasteiger charge is -2.26. The van der Waals surface area contributed by atoms with Crippen molar-refractivity contribution in [2.45, 2.75) is 19.6 Å². The molecule has 0 bridgehead atoms. The maximum absolute atomic E-state index is 11.9. The van der Waals surface area contributed by atoms with Crippen molar-refractivity contribution in [2.24, 2.45) is 0 Å². The van der Waals surface area contributed by atoms with E-state index in [0.717, 1.165) is 23.4 Å². The highest BCUT2D eigenvalue weighted by Crippen LogP contribution is 2.32. The largest absolute Gasteiger partial charge is 0.457 e. The Labute approximate surface area is 156 Å². The molecule has 2 aromatic heterocycles. The van der Waals surface area contributed by atoms with Crippen LogP contribution in [0.25, 0.3) is 22.7 Å². The highest BCUT2D eigenvalue weighted by atomic mass is 16.6. The molecule has 3 heterocycles. The lowest BCUT2D eigenvalue weighted by Crippen LogP contribution is -2.39. The van der Waals surface area contributed by atoms with Crippen molar-refractivity contribution >= 4 is 6.09 Å². The Morgan fingerprint density at radius 1 is 1.11 bits per heavy atom. The van der Waals surface area contributed by atoms with Crippen LogP contribution in [0, 0.1) is 0 Å². The number of aromatic nitrogens is 2. The fraction of sp³-hybridized carbons (Fsp3) is 0.300. The normalized spacial score (nSPS) is 14.4. The number of ether oxygens (including phenoxy) is 1. The summed E-state index contributed by atoms with van der Waals surface area (Å²) >= 11 is 0. The number of hydrogen-bond acceptors (Lipinski definition) is 5. The number of rotatable bonds is 6. The minimum Gasteiger partial charge on any atom is -0.457 e. The minimum absolute atomic E-state index is 0.158. The van der Waals surface area contributed by atoms with Crippen LogP contribution in [-0.4, -0.2) is 45.3 Å². The number of aliphatic hydroxyl groups excluding tert-OH is 1. The van der Waals surface area contributed by atoms with Gasteiger partial charge in [0.2, 0.25) is 0 Å². The van der Waals surface area contributed by atoms with E-state index < -0.39 is 0 Å². The van der Waals surface area contributed by atoms with Crippen LogP contribution < -0.4 is 0 Å². The summed E-state index contributed by atoms with van der Waals surface area (Å²) in [4.78, 5) is 18.2. The Kier molecular flexibility index (Phi) is 4.93. The van der Waals surface area contributed by atoms with Crippen LogP contribution in [-0.2, 0) is 17.9 Å². The Morgan fingerprint density at radius 2 is 1.96 bits per heavy atom. The topological polar surface area (TPSA) is 80.7 Å². The van der Waals surface area contributed by atoms with Gasteiger partial charge in [0, 0.05) is 25.2 Å². The van der Waals surface area contributed by atoms with Gasteiger partial charge in [0.25, 0.3) is 0 Å². The third kappa shape index (κ3) is 3.59. The predicted octanol–water partition coefficient (Wildman–Crippen LogP) is 3.14. The van der Waals surface area contributed by atoms with Crippen molar-refractivity contribution in [3.8, 4) is 22.7 Å². The van der Waals surface area contributed by atoms with E-state index in [2.05, 4.69) is 4.98 Å². The monoisotopic (exact) mass is 367 g/mol. The molecule has 0 spiro atoms. The molecule has 1 aliphatic rings. The van der Waals surface area contributed by atoms with Gasteiger partial charge in [0.1, 0.15) is 18.1 Å². The molecule has 1 aliphatic heterocycles. The van der Waals surface area contributed by atoms with Gasteiger partial charge in [-0.2, -0.15) is 0 Å². The fourth-order valence-corrected chi connectivity index (χ4v) is 3.24. The van der Waals surface area contributed by atoms with E-state index >= 15 is 0 Å². The molecule has 1 saturated heterocycles. The zero-order valence-electron chi connectivity index (χ0n) is 14.9. The molecule has 140 valence electrons. The first-order valence-electron chi connectivity index (χ1n) is 8.98. The number of aliphatic hydroxyl groups is 1. The van der Waals surface area contributed by atoms with Crippen LogP contribution in [0.4, 0.5) is 4.79 Å². The van der Waals surface area contributed by atoms with Gasteiger partial charge in [0.05, 0.1) is 18.6 Å². The van der Waals surface area contributed by atoms with Crippen LogP contribution >= 0.6 is 0 Å². The van der Waals surface area contributed by atoms with E-state index in [1.807, 2.05) is 41.0 Å². The average Bonchev–Trinajstić information content (AvgIpc) is 3.34. The lowest BCUT2D eigenvalue weighted by atomic mass is 10.1. The van der Waals surface area contributed by atoms with Gasteiger partial charge in [-0.1, -0.05) is 30.3 Å². The number of carbonyl (C=O) groups excluding carboxylic acids is 1. The highest BCUT2D eigenvalue weighted by Gasteiger charge is 2.22. The van der Waals surface area contributed by atoms with Gasteiger partial charge in [-0.05, 0) is 18.6 Å². The summed E-state index contributed by atoms with van der Waals surface area (Å²) in [6, 6.07) is 13.5. The maximum Gasteiger partial charge on any atom is 0.409 e. The van der Waals surface area contributed by atoms with Crippen molar-refractivity contribution in [3.63, 3.8) is 0 Å². The lowest BCUT2D eigenvalue weighted by molar-refractivity contribution is 0.0716. The van der Waals surface area contributed by atoms with E-state index in [1.165, 1.54) is 0 Å². The molecule has 0 unspecified atom stereocenters. The second-order valence-corrected chi connectivity index (χ2v) is 6.38. The van der Waals surface area contributed by atoms with Crippen LogP contribution in [0.2, 0.25) is 0 Å². The summed E-state index contributed by atoms with van der Waals surface area (Å²) < 4.78 is 12.9. The Hall–Kier alpha value is -3.06. The molecule has 0 atom stereocenters. The number of hydrogen-bond donors (Lipinski definition) is 1. The molecule has 1 fully saturated rings. The first-order valence-corrected chi connectivity index (χ1v) is 8.98. The number of benzene rings is 1. The van der Waals surface area contributed by atoms with E-state index in [0.29, 0.717) is 37.8 Å². The van der Waals surface area contributed by atoms with Gasteiger partial charge in [-0.15, -0.1) is 0 Å². The number of carbonyl (C=O) groups is 1. The van der Waals surface area contributed by atoms with Crippen molar-refractivity contribution < 1.29 is 19.1 Å². The van der Waals surface area contributed by atoms with Crippen molar-refractivity contribution in [3.05, 3.63) is 54.6 Å². The molecular formula is C20H21N3O4. The quantitative estimate of drug-likeness (QED) is 0.724. The van der Waals surface area contributed by atoms with Crippen LogP contribution in [0.1, 0.15) is 12.2 Å². The van der Waals surface area contributed by atoms with E-state index in [1.54, 1.807) is 17.3 Å². The summed E-state index contributed by atoms with van der Waals surface area (Å²) in [6.07, 6.45) is 2.33. The molecule has 7 nitrogen and oxygen atoms in total. The first-order chi connectivity index (χ1) is 13.3. The first kappa shape index (κ1) is 17.4. The third-order valence-corrected chi connectivity index (χ3v) is 4.60. The van der Waals surface area contributed by atoms with Crippen LogP contribution in [0.5, 0.6) is 0 Å². The summed E-state index contributed by atoms with van der Waals surface area (Å²) in [7, 11) is 0. The minimum atomic E-state index is -0.272. The SMILES string of the molecule is O=C1OCCCN1CCn1cnc(-c2ccccc2)c1-c1ccc(CO)o1. The molecule has 27 heavy (non-hydrogen) atoms. The zero-order chi connectivity index (χ0) is 18.6. The summed E-state index contributed by atoms with van der Waals surface area (Å²) in [5.41, 5.74) is 2.60. The second kappa shape index (κ2) is 7.67. The van der Waals surface area contributed by atoms with Crippen LogP contribution in [0.3, 0.4) is 0 Å². The number of amides is 1. The zero-order valence-corrected chi connectivity index (χ0v) is 14.9. The number of cyclic esters (lactones) is 1. The van der Waals surface area contributed by atoms with Gasteiger partial charge in [-0.25, -0.2) is 9.78 Å². The van der Waals surface area contributed by atoms with Gasteiger partial charge < -0.3 is 23.7 Å². The predicted molar refractivity (Wildman–Crippen MR) is 98.8 cm³/mol. The Bertz CT molecular complexity index is 916. The maximum atomic E-state index is 11.9. The Balaban J connectivity index is 1.66. The van der Waals surface area contributed by atoms with Crippen LogP contribution in [0.15, 0.2) is 53.2 Å². The molecule has 1 N–H and O–H groups in total. The molecule has 0 radical (unpaired) electrons. The van der Waals surface area contributed by atoms with Crippen molar-refractivity contribution in [1.29, 1.82) is 0 Å². The van der Waals surface area contributed by atoms with Crippen molar-refractivity contribution in [1.82, 2.24) is 14.5 Å². The standard InChI is InChI=1S/C20H21N3O4/c24-13-16-7-8-17(27-16)19-18(15-5-2-1-3-6-15)21-14-23(19)11-10-22-9-4-12-26-20(22)25/h1-3,5-8,14,24H,4,9-13H2. The number of nitrogens with zero attached hydrogens (tertiary/aromatic N) is 3. The van der Waals surface area contributed by atoms with E-state index in [4.69, 9.17) is 9.15 Å². The molecule has 4 rings (SSSR count). The number of imidazole rings is 1. The third-order valence-electron chi connectivity index (χ3n) is 4.60. The molecule has 7 heteroatoms. The van der Waals surface area contributed by atoms with E-state index in [-0.39, 0.29) is 12.7 Å².